The van der Waals surface area contributed by atoms with Crippen LogP contribution in [0.15, 0.2) is 24.3 Å². The van der Waals surface area contributed by atoms with E-state index >= 15 is 0 Å². The minimum Gasteiger partial charge on any atom is -0.388 e. The van der Waals surface area contributed by atoms with Crippen molar-refractivity contribution in [2.24, 2.45) is 0 Å². The van der Waals surface area contributed by atoms with Gasteiger partial charge in [-0.15, -0.1) is 0 Å². The maximum absolute atomic E-state index is 9.65. The van der Waals surface area contributed by atoms with Crippen LogP contribution in [-0.2, 0) is 10.2 Å². The largest absolute Gasteiger partial charge is 0.388 e. The van der Waals surface area contributed by atoms with Gasteiger partial charge in [0.25, 0.3) is 0 Å². The summed E-state index contributed by atoms with van der Waals surface area (Å²) in [4.78, 5) is 0. The third-order valence-corrected chi connectivity index (χ3v) is 3.15. The fourth-order valence-electron chi connectivity index (χ4n) is 1.96. The molecule has 1 aliphatic heterocycles. The highest BCUT2D eigenvalue weighted by Crippen LogP contribution is 2.24. The molecule has 1 fully saturated rings. The molecule has 0 radical (unpaired) electrons. The lowest BCUT2D eigenvalue weighted by atomic mass is 9.87. The van der Waals surface area contributed by atoms with E-state index in [9.17, 15) is 5.11 Å². The van der Waals surface area contributed by atoms with Gasteiger partial charge >= 0.3 is 0 Å². The van der Waals surface area contributed by atoms with E-state index in [0.717, 1.165) is 5.69 Å². The molecule has 1 aliphatic rings. The molecule has 1 aromatic carbocycles. The number of nitrogens with one attached hydrogen (secondary N) is 1. The molecule has 0 saturated carbocycles. The summed E-state index contributed by atoms with van der Waals surface area (Å²) in [5.74, 6) is 0. The van der Waals surface area contributed by atoms with Gasteiger partial charge in [0.1, 0.15) is 0 Å². The number of anilines is 1. The van der Waals surface area contributed by atoms with Crippen molar-refractivity contribution in [3.05, 3.63) is 29.8 Å². The second kappa shape index (κ2) is 4.67. The lowest BCUT2D eigenvalue weighted by Gasteiger charge is -2.20. The van der Waals surface area contributed by atoms with Gasteiger partial charge in [-0.3, -0.25) is 0 Å². The Morgan fingerprint density at radius 3 is 2.29 bits per heavy atom. The first-order chi connectivity index (χ1) is 7.97. The summed E-state index contributed by atoms with van der Waals surface area (Å²) in [6.07, 6.45) is -0.405. The molecule has 2 unspecified atom stereocenters. The first-order valence-electron chi connectivity index (χ1n) is 6.10. The van der Waals surface area contributed by atoms with Crippen LogP contribution < -0.4 is 5.32 Å². The summed E-state index contributed by atoms with van der Waals surface area (Å²) < 4.78 is 5.21. The summed E-state index contributed by atoms with van der Waals surface area (Å²) in [7, 11) is 0. The van der Waals surface area contributed by atoms with Crippen LogP contribution in [0.3, 0.4) is 0 Å². The molecular weight excluding hydrogens is 214 g/mol. The van der Waals surface area contributed by atoms with Crippen LogP contribution in [0.4, 0.5) is 5.69 Å². The van der Waals surface area contributed by atoms with Crippen LogP contribution in [0.5, 0.6) is 0 Å². The number of benzene rings is 1. The van der Waals surface area contributed by atoms with Crippen molar-refractivity contribution in [1.82, 2.24) is 0 Å². The summed E-state index contributed by atoms with van der Waals surface area (Å²) in [5.41, 5.74) is 2.52. The molecule has 1 saturated heterocycles. The highest BCUT2D eigenvalue weighted by molar-refractivity contribution is 5.47. The van der Waals surface area contributed by atoms with Gasteiger partial charge in [0.05, 0.1) is 25.4 Å². The predicted molar refractivity (Wildman–Crippen MR) is 69.4 cm³/mol. The van der Waals surface area contributed by atoms with Crippen molar-refractivity contribution in [3.8, 4) is 0 Å². The summed E-state index contributed by atoms with van der Waals surface area (Å²) in [6.45, 7) is 7.60. The van der Waals surface area contributed by atoms with E-state index in [-0.39, 0.29) is 11.5 Å². The topological polar surface area (TPSA) is 41.5 Å². The number of rotatable bonds is 2. The summed E-state index contributed by atoms with van der Waals surface area (Å²) in [5, 5.41) is 12.9. The molecule has 0 spiro atoms. The Bertz CT molecular complexity index is 367. The SMILES string of the molecule is CC(C)(C)c1ccc(NC2COCC2O)cc1. The van der Waals surface area contributed by atoms with Gasteiger partial charge in [0, 0.05) is 5.69 Å². The highest BCUT2D eigenvalue weighted by Gasteiger charge is 2.25. The monoisotopic (exact) mass is 235 g/mol. The van der Waals surface area contributed by atoms with Crippen molar-refractivity contribution < 1.29 is 9.84 Å². The normalized spacial score (nSPS) is 24.9. The van der Waals surface area contributed by atoms with Crippen molar-refractivity contribution in [3.63, 3.8) is 0 Å². The minimum absolute atomic E-state index is 0.00971. The van der Waals surface area contributed by atoms with Crippen molar-refractivity contribution in [2.45, 2.75) is 38.3 Å². The Balaban J connectivity index is 2.03. The molecule has 17 heavy (non-hydrogen) atoms. The zero-order valence-electron chi connectivity index (χ0n) is 10.7. The Morgan fingerprint density at radius 2 is 1.82 bits per heavy atom. The molecule has 0 bridgehead atoms. The molecule has 1 aromatic rings. The first-order valence-corrected chi connectivity index (χ1v) is 6.10. The number of aliphatic hydroxyl groups is 1. The molecule has 2 N–H and O–H groups in total. The first kappa shape index (κ1) is 12.4. The lowest BCUT2D eigenvalue weighted by molar-refractivity contribution is 0.125. The quantitative estimate of drug-likeness (QED) is 0.825. The zero-order valence-corrected chi connectivity index (χ0v) is 10.7. The Hall–Kier alpha value is -1.06. The Labute approximate surface area is 103 Å². The zero-order chi connectivity index (χ0) is 12.5. The molecule has 0 amide bonds. The molecule has 3 heteroatoms. The second-order valence-electron chi connectivity index (χ2n) is 5.68. The van der Waals surface area contributed by atoms with Gasteiger partial charge in [0.2, 0.25) is 0 Å². The van der Waals surface area contributed by atoms with E-state index in [1.807, 2.05) is 0 Å². The van der Waals surface area contributed by atoms with Gasteiger partial charge in [-0.2, -0.15) is 0 Å². The number of aliphatic hydroxyl groups excluding tert-OH is 1. The Kier molecular flexibility index (Phi) is 3.40. The van der Waals surface area contributed by atoms with Gasteiger partial charge in [-0.25, -0.2) is 0 Å². The van der Waals surface area contributed by atoms with Crippen LogP contribution in [0.25, 0.3) is 0 Å². The van der Waals surface area contributed by atoms with Crippen LogP contribution in [0, 0.1) is 0 Å². The fraction of sp³-hybridized carbons (Fsp3) is 0.571. The lowest BCUT2D eigenvalue weighted by Crippen LogP contribution is -2.31. The fourth-order valence-corrected chi connectivity index (χ4v) is 1.96. The van der Waals surface area contributed by atoms with Crippen LogP contribution >= 0.6 is 0 Å². The Morgan fingerprint density at radius 1 is 1.18 bits per heavy atom. The molecule has 0 aromatic heterocycles. The maximum Gasteiger partial charge on any atom is 0.0996 e. The van der Waals surface area contributed by atoms with E-state index in [1.165, 1.54) is 5.56 Å². The van der Waals surface area contributed by atoms with Crippen LogP contribution in [0.2, 0.25) is 0 Å². The molecule has 94 valence electrons. The molecule has 2 rings (SSSR count). The standard InChI is InChI=1S/C14H21NO2/c1-14(2,3)10-4-6-11(7-5-10)15-12-8-17-9-13(12)16/h4-7,12-13,15-16H,8-9H2,1-3H3. The number of ether oxygens (including phenoxy) is 1. The molecular formula is C14H21NO2. The molecule has 2 atom stereocenters. The molecule has 3 nitrogen and oxygen atoms in total. The van der Waals surface area contributed by atoms with E-state index in [1.54, 1.807) is 0 Å². The van der Waals surface area contributed by atoms with Gasteiger partial charge in [0.15, 0.2) is 0 Å². The molecule has 0 aliphatic carbocycles. The van der Waals surface area contributed by atoms with Gasteiger partial charge in [-0.05, 0) is 23.1 Å². The minimum atomic E-state index is -0.405. The third-order valence-electron chi connectivity index (χ3n) is 3.15. The number of hydrogen-bond donors (Lipinski definition) is 2. The maximum atomic E-state index is 9.65. The van der Waals surface area contributed by atoms with Crippen molar-refractivity contribution in [1.29, 1.82) is 0 Å². The summed E-state index contributed by atoms with van der Waals surface area (Å²) >= 11 is 0. The summed E-state index contributed by atoms with van der Waals surface area (Å²) in [6, 6.07) is 8.39. The highest BCUT2D eigenvalue weighted by atomic mass is 16.5. The van der Waals surface area contributed by atoms with E-state index in [4.69, 9.17) is 4.74 Å². The van der Waals surface area contributed by atoms with E-state index < -0.39 is 6.10 Å². The average molecular weight is 235 g/mol. The van der Waals surface area contributed by atoms with E-state index in [2.05, 4.69) is 50.4 Å². The molecule has 1 heterocycles. The second-order valence-corrected chi connectivity index (χ2v) is 5.68. The predicted octanol–water partition coefficient (Wildman–Crippen LogP) is 2.16. The van der Waals surface area contributed by atoms with Crippen LogP contribution in [-0.4, -0.2) is 30.5 Å². The van der Waals surface area contributed by atoms with Crippen molar-refractivity contribution >= 4 is 5.69 Å². The third kappa shape index (κ3) is 2.99. The van der Waals surface area contributed by atoms with Crippen LogP contribution in [0.1, 0.15) is 26.3 Å². The smallest absolute Gasteiger partial charge is 0.0996 e. The van der Waals surface area contributed by atoms with Crippen molar-refractivity contribution in [2.75, 3.05) is 18.5 Å². The average Bonchev–Trinajstić information content (AvgIpc) is 2.64. The van der Waals surface area contributed by atoms with E-state index in [0.29, 0.717) is 13.2 Å². The van der Waals surface area contributed by atoms with Gasteiger partial charge < -0.3 is 15.2 Å². The number of hydrogen-bond acceptors (Lipinski definition) is 3. The van der Waals surface area contributed by atoms with Gasteiger partial charge in [-0.1, -0.05) is 32.9 Å².